The molecule has 1 amide bonds. The fourth-order valence-electron chi connectivity index (χ4n) is 2.76. The normalized spacial score (nSPS) is 14.1. The van der Waals surface area contributed by atoms with E-state index in [1.807, 2.05) is 0 Å². The van der Waals surface area contributed by atoms with Gasteiger partial charge in [0.05, 0.1) is 12.2 Å². The lowest BCUT2D eigenvalue weighted by molar-refractivity contribution is 0.0521. The largest absolute Gasteiger partial charge is 0.462 e. The van der Waals surface area contributed by atoms with Crippen LogP contribution in [0.25, 0.3) is 6.08 Å². The zero-order chi connectivity index (χ0) is 21.2. The van der Waals surface area contributed by atoms with Crippen LogP contribution in [-0.2, 0) is 14.8 Å². The summed E-state index contributed by atoms with van der Waals surface area (Å²) < 4.78 is 33.9. The molecule has 1 fully saturated rings. The minimum Gasteiger partial charge on any atom is -0.462 e. The minimum atomic E-state index is -4.47. The van der Waals surface area contributed by atoms with Gasteiger partial charge in [-0.15, -0.1) is 9.78 Å². The van der Waals surface area contributed by atoms with Crippen molar-refractivity contribution < 1.29 is 22.7 Å². The zero-order valence-electron chi connectivity index (χ0n) is 15.9. The van der Waals surface area contributed by atoms with Gasteiger partial charge in [-0.1, -0.05) is 18.2 Å². The van der Waals surface area contributed by atoms with Crippen LogP contribution in [0.2, 0.25) is 0 Å². The molecule has 0 aliphatic heterocycles. The van der Waals surface area contributed by atoms with E-state index in [9.17, 15) is 22.8 Å². The first kappa shape index (κ1) is 20.5. The fourth-order valence-corrected chi connectivity index (χ4v) is 3.88. The standard InChI is InChI=1S/C18H20N4O6S/c1-3-7-15-19-22(18(25)21(15)12-10-11-12)17(24)20-29(26,27)14-9-6-5-8-13(14)16(23)28-4-2/h3,5-9,12H,4,10-11H2,1-2H3,(H,20,24)/b7-3+. The van der Waals surface area contributed by atoms with Crippen molar-refractivity contribution in [2.45, 2.75) is 37.6 Å². The lowest BCUT2D eigenvalue weighted by Gasteiger charge is -2.10. The number of hydrogen-bond acceptors (Lipinski definition) is 7. The summed E-state index contributed by atoms with van der Waals surface area (Å²) in [7, 11) is -4.47. The van der Waals surface area contributed by atoms with Gasteiger partial charge in [0.15, 0.2) is 5.82 Å². The van der Waals surface area contributed by atoms with Crippen LogP contribution in [-0.4, -0.2) is 41.4 Å². The molecule has 0 atom stereocenters. The Kier molecular flexibility index (Phi) is 5.69. The molecular formula is C18H20N4O6S. The van der Waals surface area contributed by atoms with Crippen LogP contribution in [0, 0.1) is 0 Å². The van der Waals surface area contributed by atoms with Gasteiger partial charge >= 0.3 is 17.7 Å². The van der Waals surface area contributed by atoms with E-state index in [-0.39, 0.29) is 24.0 Å². The molecule has 29 heavy (non-hydrogen) atoms. The highest BCUT2D eigenvalue weighted by Gasteiger charge is 2.32. The molecule has 1 N–H and O–H groups in total. The Balaban J connectivity index is 1.95. The molecule has 11 heteroatoms. The SMILES string of the molecule is C/C=C/c1nn(C(=O)NS(=O)(=O)c2ccccc2C(=O)OCC)c(=O)n1C1CC1. The molecule has 1 aromatic heterocycles. The van der Waals surface area contributed by atoms with E-state index in [1.165, 1.54) is 28.8 Å². The van der Waals surface area contributed by atoms with Gasteiger partial charge in [0, 0.05) is 6.04 Å². The van der Waals surface area contributed by atoms with Crippen molar-refractivity contribution >= 4 is 28.1 Å². The minimum absolute atomic E-state index is 0.0568. The van der Waals surface area contributed by atoms with E-state index < -0.39 is 32.6 Å². The molecule has 0 bridgehead atoms. The summed E-state index contributed by atoms with van der Waals surface area (Å²) in [4.78, 5) is 36.7. The summed E-state index contributed by atoms with van der Waals surface area (Å²) in [5, 5.41) is 3.94. The van der Waals surface area contributed by atoms with Gasteiger partial charge in [0.1, 0.15) is 4.90 Å². The van der Waals surface area contributed by atoms with E-state index in [4.69, 9.17) is 4.74 Å². The molecule has 1 aromatic carbocycles. The van der Waals surface area contributed by atoms with Gasteiger partial charge in [-0.25, -0.2) is 27.5 Å². The number of nitrogens with one attached hydrogen (secondary N) is 1. The Morgan fingerprint density at radius 3 is 2.62 bits per heavy atom. The second kappa shape index (κ2) is 8.03. The van der Waals surface area contributed by atoms with Gasteiger partial charge in [0.2, 0.25) is 0 Å². The van der Waals surface area contributed by atoms with E-state index in [2.05, 4.69) is 5.10 Å². The Labute approximate surface area is 166 Å². The smallest absolute Gasteiger partial charge is 0.360 e. The molecule has 1 saturated carbocycles. The average Bonchev–Trinajstić information content (AvgIpc) is 3.45. The van der Waals surface area contributed by atoms with Crippen LogP contribution in [0.1, 0.15) is 48.9 Å². The van der Waals surface area contributed by atoms with E-state index >= 15 is 0 Å². The number of benzene rings is 1. The number of amides is 1. The van der Waals surface area contributed by atoms with Crippen LogP contribution >= 0.6 is 0 Å². The van der Waals surface area contributed by atoms with Crippen molar-refractivity contribution in [3.63, 3.8) is 0 Å². The van der Waals surface area contributed by atoms with Gasteiger partial charge in [0.25, 0.3) is 10.0 Å². The third-order valence-electron chi connectivity index (χ3n) is 4.15. The molecule has 0 unspecified atom stereocenters. The van der Waals surface area contributed by atoms with E-state index in [0.717, 1.165) is 12.8 Å². The molecule has 1 aliphatic carbocycles. The zero-order valence-corrected chi connectivity index (χ0v) is 16.7. The number of carbonyl (C=O) groups excluding carboxylic acids is 2. The molecule has 2 aromatic rings. The van der Waals surface area contributed by atoms with Crippen LogP contribution < -0.4 is 10.4 Å². The molecular weight excluding hydrogens is 400 g/mol. The van der Waals surface area contributed by atoms with Gasteiger partial charge < -0.3 is 4.74 Å². The Morgan fingerprint density at radius 2 is 2.00 bits per heavy atom. The summed E-state index contributed by atoms with van der Waals surface area (Å²) in [6.45, 7) is 3.38. The van der Waals surface area contributed by atoms with E-state index in [1.54, 1.807) is 30.7 Å². The van der Waals surface area contributed by atoms with Gasteiger partial charge in [-0.05, 0) is 44.9 Å². The van der Waals surface area contributed by atoms with E-state index in [0.29, 0.717) is 4.68 Å². The first-order valence-corrected chi connectivity index (χ1v) is 10.5. The second-order valence-electron chi connectivity index (χ2n) is 6.28. The van der Waals surface area contributed by atoms with Crippen molar-refractivity contribution in [3.8, 4) is 0 Å². The predicted octanol–water partition coefficient (Wildman–Crippen LogP) is 1.54. The number of allylic oxidation sites excluding steroid dienone is 1. The fraction of sp³-hybridized carbons (Fsp3) is 0.333. The van der Waals surface area contributed by atoms with Crippen LogP contribution in [0.5, 0.6) is 0 Å². The molecule has 0 spiro atoms. The van der Waals surface area contributed by atoms with Gasteiger partial charge in [-0.2, -0.15) is 0 Å². The molecule has 0 saturated heterocycles. The molecule has 1 aliphatic rings. The first-order chi connectivity index (χ1) is 13.8. The van der Waals surface area contributed by atoms with Crippen LogP contribution in [0.15, 0.2) is 40.0 Å². The predicted molar refractivity (Wildman–Crippen MR) is 103 cm³/mol. The highest BCUT2D eigenvalue weighted by atomic mass is 32.2. The van der Waals surface area contributed by atoms with Crippen LogP contribution in [0.4, 0.5) is 4.79 Å². The maximum Gasteiger partial charge on any atom is 0.360 e. The van der Waals surface area contributed by atoms with Crippen molar-refractivity contribution in [2.75, 3.05) is 6.61 Å². The average molecular weight is 420 g/mol. The highest BCUT2D eigenvalue weighted by molar-refractivity contribution is 7.90. The quantitative estimate of drug-likeness (QED) is 0.702. The molecule has 3 rings (SSSR count). The summed E-state index contributed by atoms with van der Waals surface area (Å²) in [6.07, 6.45) is 4.79. The monoisotopic (exact) mass is 420 g/mol. The summed E-state index contributed by atoms with van der Waals surface area (Å²) in [6, 6.07) is 4.02. The van der Waals surface area contributed by atoms with Gasteiger partial charge in [-0.3, -0.25) is 4.57 Å². The second-order valence-corrected chi connectivity index (χ2v) is 7.93. The Morgan fingerprint density at radius 1 is 1.31 bits per heavy atom. The van der Waals surface area contributed by atoms with Crippen molar-refractivity contribution in [1.29, 1.82) is 0 Å². The summed E-state index contributed by atoms with van der Waals surface area (Å²) in [5.41, 5.74) is -0.952. The highest BCUT2D eigenvalue weighted by Crippen LogP contribution is 2.34. The number of esters is 1. The lowest BCUT2D eigenvalue weighted by atomic mass is 10.2. The van der Waals surface area contributed by atoms with Crippen LogP contribution in [0.3, 0.4) is 0 Å². The molecule has 0 radical (unpaired) electrons. The summed E-state index contributed by atoms with van der Waals surface area (Å²) >= 11 is 0. The molecule has 10 nitrogen and oxygen atoms in total. The topological polar surface area (TPSA) is 129 Å². The number of sulfonamides is 1. The number of hydrogen-bond donors (Lipinski definition) is 1. The third-order valence-corrected chi connectivity index (χ3v) is 5.53. The molecule has 154 valence electrons. The number of carbonyl (C=O) groups is 2. The van der Waals surface area contributed by atoms with Crippen molar-refractivity contribution in [3.05, 3.63) is 52.2 Å². The Hall–Kier alpha value is -3.21. The third kappa shape index (κ3) is 4.14. The first-order valence-electron chi connectivity index (χ1n) is 8.97. The Bertz CT molecular complexity index is 1140. The number of nitrogens with zero attached hydrogens (tertiary/aromatic N) is 3. The number of aromatic nitrogens is 3. The summed E-state index contributed by atoms with van der Waals surface area (Å²) in [5.74, 6) is -0.578. The maximum absolute atomic E-state index is 12.7. The lowest BCUT2D eigenvalue weighted by Crippen LogP contribution is -2.41. The molecule has 1 heterocycles. The van der Waals surface area contributed by atoms with Crippen molar-refractivity contribution in [1.82, 2.24) is 19.1 Å². The van der Waals surface area contributed by atoms with Crippen molar-refractivity contribution in [2.24, 2.45) is 0 Å². The number of ether oxygens (including phenoxy) is 1. The maximum atomic E-state index is 12.7. The number of rotatable bonds is 6.